The van der Waals surface area contributed by atoms with Gasteiger partial charge in [-0.3, -0.25) is 4.99 Å². The largest absolute Gasteiger partial charge is 0.416 e. The number of halogens is 4. The molecule has 8 heteroatoms. The molecule has 0 fully saturated rings. The third-order valence-corrected chi connectivity index (χ3v) is 4.79. The van der Waals surface area contributed by atoms with E-state index in [0.29, 0.717) is 11.3 Å². The van der Waals surface area contributed by atoms with Crippen molar-refractivity contribution in [2.75, 3.05) is 0 Å². The summed E-state index contributed by atoms with van der Waals surface area (Å²) >= 11 is 1.46. The third kappa shape index (κ3) is 7.46. The van der Waals surface area contributed by atoms with Crippen molar-refractivity contribution < 1.29 is 18.6 Å². The molecule has 1 aliphatic heterocycles. The molecule has 2 rings (SSSR count). The highest BCUT2D eigenvalue weighted by molar-refractivity contribution is 8.13. The van der Waals surface area contributed by atoms with E-state index in [1.165, 1.54) is 23.9 Å². The van der Waals surface area contributed by atoms with E-state index >= 15 is 0 Å². The lowest BCUT2D eigenvalue weighted by atomic mass is 9.91. The molecular formula is C17H26ClF3N2OS. The predicted octanol–water partition coefficient (Wildman–Crippen LogP) is 4.83. The Labute approximate surface area is 157 Å². The third-order valence-electron chi connectivity index (χ3n) is 3.84. The summed E-state index contributed by atoms with van der Waals surface area (Å²) in [5, 5.41) is 4.22. The number of aliphatic imine (C=N–C) groups is 1. The van der Waals surface area contributed by atoms with Crippen LogP contribution in [0.15, 0.2) is 29.3 Å². The monoisotopic (exact) mass is 398 g/mol. The average molecular weight is 399 g/mol. The van der Waals surface area contributed by atoms with Crippen molar-refractivity contribution in [1.29, 1.82) is 0 Å². The highest BCUT2D eigenvalue weighted by Gasteiger charge is 2.31. The molecule has 0 saturated heterocycles. The normalized spacial score (nSPS) is 18.8. The number of thioether (sulfide) groups is 1. The fourth-order valence-corrected chi connectivity index (χ4v) is 3.53. The summed E-state index contributed by atoms with van der Waals surface area (Å²) < 4.78 is 38.3. The van der Waals surface area contributed by atoms with Crippen LogP contribution in [0.5, 0.6) is 0 Å². The first-order chi connectivity index (χ1) is 10.5. The summed E-state index contributed by atoms with van der Waals surface area (Å²) in [6.45, 7) is 8.41. The summed E-state index contributed by atoms with van der Waals surface area (Å²) in [5.41, 5.74) is -0.175. The van der Waals surface area contributed by atoms with Crippen molar-refractivity contribution in [2.45, 2.75) is 63.5 Å². The Morgan fingerprint density at radius 2 is 1.80 bits per heavy atom. The molecule has 3 nitrogen and oxygen atoms in total. The lowest BCUT2D eigenvalue weighted by Crippen LogP contribution is -2.41. The van der Waals surface area contributed by atoms with Crippen molar-refractivity contribution in [3.05, 3.63) is 35.4 Å². The van der Waals surface area contributed by atoms with Crippen LogP contribution in [-0.2, 0) is 11.9 Å². The van der Waals surface area contributed by atoms with E-state index in [0.717, 1.165) is 24.1 Å². The zero-order valence-corrected chi connectivity index (χ0v) is 16.5. The molecule has 25 heavy (non-hydrogen) atoms. The van der Waals surface area contributed by atoms with Crippen LogP contribution in [0, 0.1) is 0 Å². The number of hydrogen-bond acceptors (Lipinski definition) is 3. The summed E-state index contributed by atoms with van der Waals surface area (Å²) in [6, 6.07) is 5.48. The van der Waals surface area contributed by atoms with Crippen LogP contribution in [0.4, 0.5) is 13.2 Å². The summed E-state index contributed by atoms with van der Waals surface area (Å²) in [4.78, 5) is 4.74. The minimum absolute atomic E-state index is 0. The summed E-state index contributed by atoms with van der Waals surface area (Å²) in [7, 11) is 0. The van der Waals surface area contributed by atoms with E-state index < -0.39 is 11.7 Å². The lowest BCUT2D eigenvalue weighted by Gasteiger charge is -2.26. The Bertz CT molecular complexity index is 604. The van der Waals surface area contributed by atoms with Crippen LogP contribution in [0.2, 0.25) is 0 Å². The number of benzene rings is 1. The molecule has 0 bridgehead atoms. The van der Waals surface area contributed by atoms with Crippen LogP contribution >= 0.6 is 24.2 Å². The molecule has 0 unspecified atom stereocenters. The minimum Gasteiger partial charge on any atom is -0.412 e. The van der Waals surface area contributed by atoms with Crippen molar-refractivity contribution >= 4 is 29.3 Å². The van der Waals surface area contributed by atoms with E-state index in [4.69, 9.17) is 4.99 Å². The van der Waals surface area contributed by atoms with E-state index in [1.807, 2.05) is 0 Å². The van der Waals surface area contributed by atoms with Gasteiger partial charge in [0.1, 0.15) is 0 Å². The highest BCUT2D eigenvalue weighted by Crippen LogP contribution is 2.31. The summed E-state index contributed by atoms with van der Waals surface area (Å²) in [6.07, 6.45) is -2.33. The van der Waals surface area contributed by atoms with Crippen molar-refractivity contribution in [3.63, 3.8) is 0 Å². The van der Waals surface area contributed by atoms with Crippen LogP contribution < -0.4 is 5.32 Å². The van der Waals surface area contributed by atoms with Gasteiger partial charge in [0.05, 0.1) is 11.1 Å². The Hall–Kier alpha value is -0.920. The molecule has 0 atom stereocenters. The molecule has 0 amide bonds. The lowest BCUT2D eigenvalue weighted by molar-refractivity contribution is -0.137. The zero-order valence-electron chi connectivity index (χ0n) is 14.8. The maximum Gasteiger partial charge on any atom is 0.416 e. The number of alkyl halides is 3. The molecule has 144 valence electrons. The van der Waals surface area contributed by atoms with Gasteiger partial charge in [-0.05, 0) is 52.2 Å². The molecule has 0 spiro atoms. The first-order valence-electron chi connectivity index (χ1n) is 7.64. The predicted molar refractivity (Wildman–Crippen MR) is 102 cm³/mol. The van der Waals surface area contributed by atoms with Gasteiger partial charge in [-0.15, -0.1) is 12.4 Å². The van der Waals surface area contributed by atoms with Gasteiger partial charge < -0.3 is 10.8 Å². The fourth-order valence-electron chi connectivity index (χ4n) is 2.39. The topological polar surface area (TPSA) is 55.9 Å². The van der Waals surface area contributed by atoms with E-state index in [9.17, 15) is 13.2 Å². The Morgan fingerprint density at radius 3 is 2.40 bits per heavy atom. The van der Waals surface area contributed by atoms with Crippen LogP contribution in [0.25, 0.3) is 0 Å². The standard InChI is InChI=1S/C17H23F3N2S.ClH.H2O/c1-15(2)8-9-16(3,4)22-14(21-15)23-11-12-6-5-7-13(10-12)17(18,19)20;;/h5-7,10H,8-9,11H2,1-4H3,(H,21,22);1H;1H2. The second kappa shape index (κ2) is 8.64. The molecule has 1 aromatic carbocycles. The van der Waals surface area contributed by atoms with E-state index in [1.54, 1.807) is 6.07 Å². The molecule has 0 aliphatic carbocycles. The first kappa shape index (κ1) is 24.1. The smallest absolute Gasteiger partial charge is 0.412 e. The number of hydrogen-bond donors (Lipinski definition) is 1. The van der Waals surface area contributed by atoms with Crippen molar-refractivity contribution in [1.82, 2.24) is 5.32 Å². The molecule has 1 aromatic rings. The van der Waals surface area contributed by atoms with E-state index in [-0.39, 0.29) is 29.0 Å². The van der Waals surface area contributed by atoms with Gasteiger partial charge in [-0.2, -0.15) is 13.2 Å². The second-order valence-corrected chi connectivity index (χ2v) is 8.19. The number of rotatable bonds is 2. The Morgan fingerprint density at radius 1 is 1.16 bits per heavy atom. The van der Waals surface area contributed by atoms with Gasteiger partial charge in [0.15, 0.2) is 5.17 Å². The maximum absolute atomic E-state index is 12.8. The number of nitrogens with one attached hydrogen (secondary N) is 1. The summed E-state index contributed by atoms with van der Waals surface area (Å²) in [5.74, 6) is 0.460. The maximum atomic E-state index is 12.8. The van der Waals surface area contributed by atoms with Crippen LogP contribution in [0.3, 0.4) is 0 Å². The van der Waals surface area contributed by atoms with Crippen LogP contribution in [-0.4, -0.2) is 21.7 Å². The van der Waals surface area contributed by atoms with Gasteiger partial charge in [-0.25, -0.2) is 0 Å². The second-order valence-electron chi connectivity index (χ2n) is 7.23. The fraction of sp³-hybridized carbons (Fsp3) is 0.588. The molecular weight excluding hydrogens is 373 g/mol. The average Bonchev–Trinajstić information content (AvgIpc) is 2.52. The number of amidine groups is 1. The molecule has 0 saturated carbocycles. The van der Waals surface area contributed by atoms with Gasteiger partial charge in [-0.1, -0.05) is 30.0 Å². The van der Waals surface area contributed by atoms with Gasteiger partial charge in [0.25, 0.3) is 0 Å². The SMILES string of the molecule is CC1(C)CCC(C)(C)NC(SCc2cccc(C(F)(F)F)c2)=N1.Cl.O. The molecule has 0 radical (unpaired) electrons. The van der Waals surface area contributed by atoms with E-state index in [2.05, 4.69) is 33.0 Å². The van der Waals surface area contributed by atoms with Crippen molar-refractivity contribution in [2.24, 2.45) is 4.99 Å². The molecule has 0 aromatic heterocycles. The van der Waals surface area contributed by atoms with Gasteiger partial charge >= 0.3 is 6.18 Å². The van der Waals surface area contributed by atoms with Crippen molar-refractivity contribution in [3.8, 4) is 0 Å². The highest BCUT2D eigenvalue weighted by atomic mass is 35.5. The van der Waals surface area contributed by atoms with Gasteiger partial charge in [0, 0.05) is 11.3 Å². The zero-order chi connectivity index (χ0) is 17.3. The Kier molecular flexibility index (Phi) is 8.33. The van der Waals surface area contributed by atoms with Crippen LogP contribution in [0.1, 0.15) is 51.7 Å². The molecule has 3 N–H and O–H groups in total. The first-order valence-corrected chi connectivity index (χ1v) is 8.62. The minimum atomic E-state index is -4.30. The quantitative estimate of drug-likeness (QED) is 0.775. The molecule has 1 heterocycles. The Balaban J connectivity index is 0.00000288. The molecule has 1 aliphatic rings. The van der Waals surface area contributed by atoms with Gasteiger partial charge in [0.2, 0.25) is 0 Å². The number of nitrogens with zero attached hydrogens (tertiary/aromatic N) is 1.